The van der Waals surface area contributed by atoms with Crippen LogP contribution in [-0.2, 0) is 14.9 Å². The first-order valence-corrected chi connectivity index (χ1v) is 9.29. The standard InChI is InChI=1S/C22H31NO4/c1-15(2)18(24)26-13-12-23-19(25)27-17-10-8-16(9-11-17)22(20(3,4)5)14-21(22,6)7/h8-11H,1,12-14H2,2-7H3,(H,23,25). The molecule has 5 heteroatoms. The molecule has 5 nitrogen and oxygen atoms in total. The van der Waals surface area contributed by atoms with Gasteiger partial charge in [0.1, 0.15) is 12.4 Å². The Morgan fingerprint density at radius 3 is 2.19 bits per heavy atom. The summed E-state index contributed by atoms with van der Waals surface area (Å²) in [6, 6.07) is 7.77. The van der Waals surface area contributed by atoms with Gasteiger partial charge in [0.15, 0.2) is 0 Å². The minimum Gasteiger partial charge on any atom is -0.460 e. The van der Waals surface area contributed by atoms with Crippen LogP contribution in [-0.4, -0.2) is 25.2 Å². The van der Waals surface area contributed by atoms with E-state index in [1.807, 2.05) is 12.1 Å². The van der Waals surface area contributed by atoms with E-state index >= 15 is 0 Å². The first-order chi connectivity index (χ1) is 12.4. The van der Waals surface area contributed by atoms with Gasteiger partial charge in [-0.15, -0.1) is 0 Å². The predicted molar refractivity (Wildman–Crippen MR) is 106 cm³/mol. The molecule has 0 saturated heterocycles. The topological polar surface area (TPSA) is 64.6 Å². The SMILES string of the molecule is C=C(C)C(=O)OCCNC(=O)Oc1ccc(C2(C(C)(C)C)CC2(C)C)cc1. The van der Waals surface area contributed by atoms with Crippen LogP contribution < -0.4 is 10.1 Å². The highest BCUT2D eigenvalue weighted by molar-refractivity contribution is 5.86. The van der Waals surface area contributed by atoms with Crippen LogP contribution in [0.4, 0.5) is 4.79 Å². The molecule has 1 aromatic carbocycles. The number of nitrogens with one attached hydrogen (secondary N) is 1. The molecule has 1 aliphatic rings. The molecule has 2 rings (SSSR count). The number of amides is 1. The maximum atomic E-state index is 11.9. The van der Waals surface area contributed by atoms with Crippen LogP contribution in [0.2, 0.25) is 0 Å². The maximum absolute atomic E-state index is 11.9. The van der Waals surface area contributed by atoms with Gasteiger partial charge in [-0.1, -0.05) is 53.3 Å². The van der Waals surface area contributed by atoms with Gasteiger partial charge in [-0.3, -0.25) is 0 Å². The van der Waals surface area contributed by atoms with E-state index < -0.39 is 12.1 Å². The molecule has 27 heavy (non-hydrogen) atoms. The lowest BCUT2D eigenvalue weighted by atomic mass is 9.69. The second kappa shape index (κ2) is 7.37. The summed E-state index contributed by atoms with van der Waals surface area (Å²) in [7, 11) is 0. The van der Waals surface area contributed by atoms with Crippen molar-refractivity contribution in [2.45, 2.75) is 53.4 Å². The van der Waals surface area contributed by atoms with Gasteiger partial charge in [0.25, 0.3) is 0 Å². The Bertz CT molecular complexity index is 728. The smallest absolute Gasteiger partial charge is 0.412 e. The van der Waals surface area contributed by atoms with E-state index in [4.69, 9.17) is 9.47 Å². The molecule has 1 aliphatic carbocycles. The number of hydrogen-bond donors (Lipinski definition) is 1. The second-order valence-corrected chi connectivity index (χ2v) is 8.97. The highest BCUT2D eigenvalue weighted by Crippen LogP contribution is 2.71. The van der Waals surface area contributed by atoms with Crippen LogP contribution in [0.5, 0.6) is 5.75 Å². The fourth-order valence-electron chi connectivity index (χ4n) is 4.20. The van der Waals surface area contributed by atoms with E-state index in [-0.39, 0.29) is 29.4 Å². The Labute approximate surface area is 162 Å². The fourth-order valence-corrected chi connectivity index (χ4v) is 4.20. The molecule has 1 atom stereocenters. The molecule has 1 N–H and O–H groups in total. The van der Waals surface area contributed by atoms with Crippen LogP contribution >= 0.6 is 0 Å². The van der Waals surface area contributed by atoms with Crippen molar-refractivity contribution in [3.8, 4) is 5.75 Å². The van der Waals surface area contributed by atoms with Crippen molar-refractivity contribution in [1.29, 1.82) is 0 Å². The van der Waals surface area contributed by atoms with E-state index in [1.54, 1.807) is 6.92 Å². The van der Waals surface area contributed by atoms with Gasteiger partial charge in [0.2, 0.25) is 0 Å². The third kappa shape index (κ3) is 4.34. The van der Waals surface area contributed by atoms with Crippen molar-refractivity contribution in [2.24, 2.45) is 10.8 Å². The largest absolute Gasteiger partial charge is 0.460 e. The van der Waals surface area contributed by atoms with Crippen LogP contribution in [0, 0.1) is 10.8 Å². The molecule has 1 fully saturated rings. The van der Waals surface area contributed by atoms with Gasteiger partial charge >= 0.3 is 12.1 Å². The lowest BCUT2D eigenvalue weighted by molar-refractivity contribution is -0.138. The average Bonchev–Trinajstić information content (AvgIpc) is 3.16. The van der Waals surface area contributed by atoms with Crippen LogP contribution in [0.25, 0.3) is 0 Å². The fraction of sp³-hybridized carbons (Fsp3) is 0.545. The Balaban J connectivity index is 1.90. The predicted octanol–water partition coefficient (Wildman–Crippen LogP) is 4.61. The summed E-state index contributed by atoms with van der Waals surface area (Å²) >= 11 is 0. The van der Waals surface area contributed by atoms with Crippen LogP contribution in [0.15, 0.2) is 36.4 Å². The summed E-state index contributed by atoms with van der Waals surface area (Å²) in [6.07, 6.45) is 0.569. The lowest BCUT2D eigenvalue weighted by Crippen LogP contribution is -2.31. The molecule has 0 heterocycles. The Kier molecular flexibility index (Phi) is 5.74. The van der Waals surface area contributed by atoms with Crippen molar-refractivity contribution >= 4 is 12.1 Å². The number of rotatable bonds is 6. The normalized spacial score (nSPS) is 20.5. The molecule has 1 amide bonds. The number of ether oxygens (including phenoxy) is 2. The Morgan fingerprint density at radius 2 is 1.74 bits per heavy atom. The highest BCUT2D eigenvalue weighted by atomic mass is 16.6. The number of esters is 1. The number of benzene rings is 1. The molecule has 0 aromatic heterocycles. The van der Waals surface area contributed by atoms with Crippen molar-refractivity contribution in [2.75, 3.05) is 13.2 Å². The summed E-state index contributed by atoms with van der Waals surface area (Å²) < 4.78 is 10.2. The van der Waals surface area contributed by atoms with Crippen molar-refractivity contribution in [3.63, 3.8) is 0 Å². The zero-order valence-electron chi connectivity index (χ0n) is 17.3. The first-order valence-electron chi connectivity index (χ1n) is 9.29. The van der Waals surface area contributed by atoms with E-state index in [0.29, 0.717) is 11.3 Å². The third-order valence-corrected chi connectivity index (χ3v) is 5.53. The van der Waals surface area contributed by atoms with Gasteiger partial charge in [0, 0.05) is 11.0 Å². The van der Waals surface area contributed by atoms with Crippen molar-refractivity contribution in [3.05, 3.63) is 42.0 Å². The summed E-state index contributed by atoms with van der Waals surface area (Å²) in [5.41, 5.74) is 2.14. The Hall–Kier alpha value is -2.30. The summed E-state index contributed by atoms with van der Waals surface area (Å²) in [6.45, 7) is 16.7. The summed E-state index contributed by atoms with van der Waals surface area (Å²) in [4.78, 5) is 23.1. The molecule has 1 aromatic rings. The first kappa shape index (κ1) is 21.0. The lowest BCUT2D eigenvalue weighted by Gasteiger charge is -2.35. The monoisotopic (exact) mass is 373 g/mol. The Morgan fingerprint density at radius 1 is 1.19 bits per heavy atom. The van der Waals surface area contributed by atoms with Gasteiger partial charge < -0.3 is 14.8 Å². The maximum Gasteiger partial charge on any atom is 0.412 e. The molecular weight excluding hydrogens is 342 g/mol. The van der Waals surface area contributed by atoms with Gasteiger partial charge in [-0.05, 0) is 41.9 Å². The van der Waals surface area contributed by atoms with E-state index in [0.717, 1.165) is 6.42 Å². The third-order valence-electron chi connectivity index (χ3n) is 5.53. The van der Waals surface area contributed by atoms with Crippen LogP contribution in [0.3, 0.4) is 0 Å². The number of carbonyl (C=O) groups excluding carboxylic acids is 2. The molecule has 0 aliphatic heterocycles. The minimum absolute atomic E-state index is 0.0723. The number of hydrogen-bond acceptors (Lipinski definition) is 4. The highest BCUT2D eigenvalue weighted by Gasteiger charge is 2.67. The molecular formula is C22H31NO4. The van der Waals surface area contributed by atoms with Gasteiger partial charge in [-0.2, -0.15) is 0 Å². The molecule has 1 unspecified atom stereocenters. The number of carbonyl (C=O) groups is 2. The van der Waals surface area contributed by atoms with E-state index in [2.05, 4.69) is 58.6 Å². The zero-order chi connectivity index (χ0) is 20.5. The quantitative estimate of drug-likeness (QED) is 0.449. The van der Waals surface area contributed by atoms with Gasteiger partial charge in [0.05, 0.1) is 6.54 Å². The average molecular weight is 373 g/mol. The summed E-state index contributed by atoms with van der Waals surface area (Å²) in [5, 5.41) is 2.55. The van der Waals surface area contributed by atoms with E-state index in [9.17, 15) is 9.59 Å². The minimum atomic E-state index is -0.577. The molecule has 0 radical (unpaired) electrons. The summed E-state index contributed by atoms with van der Waals surface area (Å²) in [5.74, 6) is 0.00855. The second-order valence-electron chi connectivity index (χ2n) is 8.97. The van der Waals surface area contributed by atoms with Crippen molar-refractivity contribution in [1.82, 2.24) is 5.32 Å². The molecule has 148 valence electrons. The van der Waals surface area contributed by atoms with E-state index in [1.165, 1.54) is 5.56 Å². The molecule has 0 bridgehead atoms. The molecule has 1 saturated carbocycles. The zero-order valence-corrected chi connectivity index (χ0v) is 17.3. The molecule has 0 spiro atoms. The van der Waals surface area contributed by atoms with Gasteiger partial charge in [-0.25, -0.2) is 9.59 Å². The van der Waals surface area contributed by atoms with Crippen LogP contribution in [0.1, 0.15) is 53.5 Å². The van der Waals surface area contributed by atoms with Crippen molar-refractivity contribution < 1.29 is 19.1 Å².